The SMILES string of the molecule is CC(C)(C)OC(=O)NC1CCCN(C(=O)Nc2ccc(OC(F)(F)F)c(F)c2)C1. The Hall–Kier alpha value is -2.72. The lowest BCUT2D eigenvalue weighted by molar-refractivity contribution is -0.275. The van der Waals surface area contributed by atoms with Crippen molar-refractivity contribution in [1.29, 1.82) is 0 Å². The van der Waals surface area contributed by atoms with Crippen molar-refractivity contribution < 1.29 is 36.6 Å². The fourth-order valence-corrected chi connectivity index (χ4v) is 2.74. The second-order valence-corrected chi connectivity index (χ2v) is 7.55. The van der Waals surface area contributed by atoms with Gasteiger partial charge in [0.05, 0.1) is 0 Å². The highest BCUT2D eigenvalue weighted by molar-refractivity contribution is 5.89. The topological polar surface area (TPSA) is 79.9 Å². The van der Waals surface area contributed by atoms with E-state index in [0.717, 1.165) is 18.2 Å². The number of urea groups is 1. The Kier molecular flexibility index (Phi) is 6.81. The van der Waals surface area contributed by atoms with Crippen LogP contribution in [-0.2, 0) is 4.74 Å². The quantitative estimate of drug-likeness (QED) is 0.716. The molecule has 29 heavy (non-hydrogen) atoms. The first-order valence-electron chi connectivity index (χ1n) is 8.93. The average molecular weight is 421 g/mol. The van der Waals surface area contributed by atoms with Crippen LogP contribution < -0.4 is 15.4 Å². The second-order valence-electron chi connectivity index (χ2n) is 7.55. The van der Waals surface area contributed by atoms with E-state index >= 15 is 0 Å². The summed E-state index contributed by atoms with van der Waals surface area (Å²) in [6.45, 7) is 5.82. The van der Waals surface area contributed by atoms with Crippen molar-refractivity contribution in [3.63, 3.8) is 0 Å². The summed E-state index contributed by atoms with van der Waals surface area (Å²) in [5.74, 6) is -2.25. The van der Waals surface area contributed by atoms with Crippen LogP contribution in [0.15, 0.2) is 18.2 Å². The molecular formula is C18H23F4N3O4. The first-order valence-corrected chi connectivity index (χ1v) is 8.93. The number of hydrogen-bond donors (Lipinski definition) is 2. The molecule has 1 aliphatic heterocycles. The Morgan fingerprint density at radius 2 is 1.90 bits per heavy atom. The van der Waals surface area contributed by atoms with E-state index in [1.165, 1.54) is 4.90 Å². The number of anilines is 1. The minimum absolute atomic E-state index is 0.0238. The van der Waals surface area contributed by atoms with Gasteiger partial charge < -0.3 is 25.0 Å². The van der Waals surface area contributed by atoms with E-state index in [9.17, 15) is 27.2 Å². The number of amides is 3. The molecule has 0 aliphatic carbocycles. The Morgan fingerprint density at radius 3 is 2.48 bits per heavy atom. The monoisotopic (exact) mass is 421 g/mol. The maximum Gasteiger partial charge on any atom is 0.573 e. The normalized spacial score (nSPS) is 17.5. The number of halogens is 4. The smallest absolute Gasteiger partial charge is 0.444 e. The molecule has 0 spiro atoms. The van der Waals surface area contributed by atoms with E-state index in [0.29, 0.717) is 19.4 Å². The molecule has 162 valence electrons. The number of alkyl carbamates (subject to hydrolysis) is 1. The minimum Gasteiger partial charge on any atom is -0.444 e. The number of benzene rings is 1. The zero-order valence-corrected chi connectivity index (χ0v) is 16.2. The van der Waals surface area contributed by atoms with Crippen molar-refractivity contribution >= 4 is 17.8 Å². The van der Waals surface area contributed by atoms with Gasteiger partial charge in [0.1, 0.15) is 5.60 Å². The van der Waals surface area contributed by atoms with Crippen LogP contribution in [0.3, 0.4) is 0 Å². The molecule has 2 N–H and O–H groups in total. The van der Waals surface area contributed by atoms with Crippen molar-refractivity contribution in [3.8, 4) is 5.75 Å². The predicted octanol–water partition coefficient (Wildman–Crippen LogP) is 4.25. The maximum atomic E-state index is 13.8. The van der Waals surface area contributed by atoms with E-state index in [4.69, 9.17) is 4.74 Å². The summed E-state index contributed by atoms with van der Waals surface area (Å²) < 4.78 is 59.1. The van der Waals surface area contributed by atoms with Gasteiger partial charge in [0, 0.05) is 30.9 Å². The zero-order valence-electron chi connectivity index (χ0n) is 16.2. The number of alkyl halides is 3. The minimum atomic E-state index is -5.02. The Morgan fingerprint density at radius 1 is 1.21 bits per heavy atom. The molecule has 1 aromatic rings. The highest BCUT2D eigenvalue weighted by atomic mass is 19.4. The highest BCUT2D eigenvalue weighted by Crippen LogP contribution is 2.27. The Balaban J connectivity index is 1.93. The van der Waals surface area contributed by atoms with Gasteiger partial charge in [0.25, 0.3) is 0 Å². The van der Waals surface area contributed by atoms with E-state index in [1.54, 1.807) is 20.8 Å². The third-order valence-corrected chi connectivity index (χ3v) is 3.84. The summed E-state index contributed by atoms with van der Waals surface area (Å²) in [7, 11) is 0. The number of piperidine rings is 1. The van der Waals surface area contributed by atoms with Gasteiger partial charge in [-0.1, -0.05) is 0 Å². The molecule has 0 radical (unpaired) electrons. The molecule has 1 atom stereocenters. The lowest BCUT2D eigenvalue weighted by Gasteiger charge is -2.33. The molecule has 1 aliphatic rings. The molecule has 2 rings (SSSR count). The molecule has 11 heteroatoms. The van der Waals surface area contributed by atoms with Gasteiger partial charge in [-0.15, -0.1) is 13.2 Å². The van der Waals surface area contributed by atoms with Crippen LogP contribution in [0.4, 0.5) is 32.8 Å². The number of carbonyl (C=O) groups is 2. The van der Waals surface area contributed by atoms with Crippen molar-refractivity contribution in [3.05, 3.63) is 24.0 Å². The molecule has 0 bridgehead atoms. The number of nitrogens with zero attached hydrogens (tertiary/aromatic N) is 1. The number of ether oxygens (including phenoxy) is 2. The molecule has 0 aromatic heterocycles. The van der Waals surface area contributed by atoms with Gasteiger partial charge in [-0.2, -0.15) is 0 Å². The standard InChI is InChI=1S/C18H23F4N3O4/c1-17(2,3)29-16(27)24-12-5-4-8-25(10-12)15(26)23-11-6-7-14(13(19)9-11)28-18(20,21)22/h6-7,9,12H,4-5,8,10H2,1-3H3,(H,23,26)(H,24,27). The van der Waals surface area contributed by atoms with E-state index in [-0.39, 0.29) is 18.3 Å². The number of likely N-dealkylation sites (tertiary alicyclic amines) is 1. The summed E-state index contributed by atoms with van der Waals surface area (Å²) in [5.41, 5.74) is -0.675. The van der Waals surface area contributed by atoms with Crippen molar-refractivity contribution in [2.45, 2.75) is 51.6 Å². The van der Waals surface area contributed by atoms with Gasteiger partial charge in [0.15, 0.2) is 11.6 Å². The summed E-state index contributed by atoms with van der Waals surface area (Å²) in [4.78, 5) is 25.7. The van der Waals surface area contributed by atoms with Crippen LogP contribution in [0.2, 0.25) is 0 Å². The second kappa shape index (κ2) is 8.75. The first-order chi connectivity index (χ1) is 13.3. The zero-order chi connectivity index (χ0) is 21.8. The number of rotatable bonds is 3. The van der Waals surface area contributed by atoms with E-state index in [1.807, 2.05) is 0 Å². The van der Waals surface area contributed by atoms with Gasteiger partial charge in [-0.3, -0.25) is 0 Å². The Bertz CT molecular complexity index is 750. The summed E-state index contributed by atoms with van der Waals surface area (Å²) >= 11 is 0. The van der Waals surface area contributed by atoms with Crippen molar-refractivity contribution in [1.82, 2.24) is 10.2 Å². The van der Waals surface area contributed by atoms with Crippen LogP contribution in [0.5, 0.6) is 5.75 Å². The fourth-order valence-electron chi connectivity index (χ4n) is 2.74. The maximum absolute atomic E-state index is 13.8. The molecule has 7 nitrogen and oxygen atoms in total. The summed E-state index contributed by atoms with van der Waals surface area (Å²) in [5, 5.41) is 5.12. The van der Waals surface area contributed by atoms with Crippen LogP contribution in [0, 0.1) is 5.82 Å². The highest BCUT2D eigenvalue weighted by Gasteiger charge is 2.32. The average Bonchev–Trinajstić information content (AvgIpc) is 2.54. The molecule has 0 saturated carbocycles. The number of hydrogen-bond acceptors (Lipinski definition) is 4. The van der Waals surface area contributed by atoms with Crippen molar-refractivity contribution in [2.75, 3.05) is 18.4 Å². The molecule has 1 aromatic carbocycles. The molecule has 1 saturated heterocycles. The molecule has 1 fully saturated rings. The van der Waals surface area contributed by atoms with Crippen LogP contribution in [0.25, 0.3) is 0 Å². The molecule has 1 heterocycles. The van der Waals surface area contributed by atoms with Gasteiger partial charge >= 0.3 is 18.5 Å². The lowest BCUT2D eigenvalue weighted by Crippen LogP contribution is -2.51. The van der Waals surface area contributed by atoms with Crippen LogP contribution in [-0.4, -0.2) is 48.1 Å². The lowest BCUT2D eigenvalue weighted by atomic mass is 10.1. The molecule has 3 amide bonds. The largest absolute Gasteiger partial charge is 0.573 e. The third kappa shape index (κ3) is 7.66. The number of nitrogens with one attached hydrogen (secondary N) is 2. The van der Waals surface area contributed by atoms with E-state index < -0.39 is 35.7 Å². The van der Waals surface area contributed by atoms with E-state index in [2.05, 4.69) is 15.4 Å². The third-order valence-electron chi connectivity index (χ3n) is 3.84. The summed E-state index contributed by atoms with van der Waals surface area (Å²) in [6.07, 6.45) is -4.33. The van der Waals surface area contributed by atoms with Crippen LogP contribution >= 0.6 is 0 Å². The summed E-state index contributed by atoms with van der Waals surface area (Å²) in [6, 6.07) is 1.73. The Labute approximate surface area is 165 Å². The van der Waals surface area contributed by atoms with Crippen LogP contribution in [0.1, 0.15) is 33.6 Å². The van der Waals surface area contributed by atoms with Crippen molar-refractivity contribution in [2.24, 2.45) is 0 Å². The first kappa shape index (κ1) is 22.6. The van der Waals surface area contributed by atoms with Gasteiger partial charge in [0.2, 0.25) is 0 Å². The fraction of sp³-hybridized carbons (Fsp3) is 0.556. The number of carbonyl (C=O) groups excluding carboxylic acids is 2. The van der Waals surface area contributed by atoms with Gasteiger partial charge in [-0.05, 0) is 45.7 Å². The predicted molar refractivity (Wildman–Crippen MR) is 96.1 cm³/mol. The molecular weight excluding hydrogens is 398 g/mol. The van der Waals surface area contributed by atoms with Gasteiger partial charge in [-0.25, -0.2) is 14.0 Å². The molecule has 1 unspecified atom stereocenters.